The highest BCUT2D eigenvalue weighted by Crippen LogP contribution is 2.29. The Morgan fingerprint density at radius 3 is 2.90 bits per heavy atom. The number of hydrogen-bond acceptors (Lipinski definition) is 5. The van der Waals surface area contributed by atoms with Gasteiger partial charge in [0.25, 0.3) is 0 Å². The molecule has 5 nitrogen and oxygen atoms in total. The molecule has 0 aliphatic heterocycles. The number of anilines is 1. The van der Waals surface area contributed by atoms with Crippen molar-refractivity contribution in [2.75, 3.05) is 11.9 Å². The largest absolute Gasteiger partial charge is 0.423 e. The molecular formula is C16H22N4O. The van der Waals surface area contributed by atoms with E-state index in [4.69, 9.17) is 10.2 Å². The molecule has 112 valence electrons. The highest BCUT2D eigenvalue weighted by atomic mass is 16.4. The molecule has 1 heterocycles. The van der Waals surface area contributed by atoms with Crippen molar-refractivity contribution in [3.05, 3.63) is 30.2 Å². The quantitative estimate of drug-likeness (QED) is 0.903. The number of hydrogen-bond donors (Lipinski definition) is 2. The molecule has 2 atom stereocenters. The Labute approximate surface area is 124 Å². The van der Waals surface area contributed by atoms with Gasteiger partial charge in [-0.25, -0.2) is 0 Å². The minimum atomic E-state index is 0.483. The summed E-state index contributed by atoms with van der Waals surface area (Å²) in [5.41, 5.74) is 9.22. The number of rotatable bonds is 4. The molecule has 1 aromatic heterocycles. The Morgan fingerprint density at radius 1 is 1.33 bits per heavy atom. The molecule has 21 heavy (non-hydrogen) atoms. The normalized spacial score (nSPS) is 22.2. The molecule has 1 aromatic carbocycles. The predicted molar refractivity (Wildman–Crippen MR) is 82.9 cm³/mol. The lowest BCUT2D eigenvalue weighted by Crippen LogP contribution is -2.36. The summed E-state index contributed by atoms with van der Waals surface area (Å²) in [6.07, 6.45) is 6.37. The van der Waals surface area contributed by atoms with Crippen molar-refractivity contribution in [2.24, 2.45) is 11.7 Å². The van der Waals surface area contributed by atoms with Gasteiger partial charge in [0.2, 0.25) is 12.3 Å². The second-order valence-corrected chi connectivity index (χ2v) is 5.80. The number of aromatic nitrogens is 2. The molecule has 0 saturated heterocycles. The highest BCUT2D eigenvalue weighted by Gasteiger charge is 2.24. The third kappa shape index (κ3) is 3.08. The minimum Gasteiger partial charge on any atom is -0.423 e. The molecule has 1 aliphatic carbocycles. The smallest absolute Gasteiger partial charge is 0.247 e. The maximum absolute atomic E-state index is 5.91. The van der Waals surface area contributed by atoms with Crippen LogP contribution >= 0.6 is 0 Å². The van der Waals surface area contributed by atoms with Crippen LogP contribution in [0, 0.1) is 12.8 Å². The average molecular weight is 286 g/mol. The van der Waals surface area contributed by atoms with Gasteiger partial charge < -0.3 is 15.5 Å². The SMILES string of the molecule is Cc1cc(-c2nnco2)ccc1NC1CCCCC1CN. The van der Waals surface area contributed by atoms with Crippen LogP contribution in [-0.2, 0) is 0 Å². The molecule has 1 aliphatic rings. The van der Waals surface area contributed by atoms with Crippen LogP contribution in [-0.4, -0.2) is 22.8 Å². The van der Waals surface area contributed by atoms with E-state index in [9.17, 15) is 0 Å². The lowest BCUT2D eigenvalue weighted by Gasteiger charge is -2.32. The van der Waals surface area contributed by atoms with Crippen LogP contribution in [0.5, 0.6) is 0 Å². The molecule has 1 fully saturated rings. The summed E-state index contributed by atoms with van der Waals surface area (Å²) in [4.78, 5) is 0. The summed E-state index contributed by atoms with van der Waals surface area (Å²) < 4.78 is 5.24. The molecule has 3 N–H and O–H groups in total. The Hall–Kier alpha value is -1.88. The van der Waals surface area contributed by atoms with E-state index in [0.717, 1.165) is 12.1 Å². The van der Waals surface area contributed by atoms with Crippen LogP contribution in [0.2, 0.25) is 0 Å². The number of nitrogens with two attached hydrogens (primary N) is 1. The second kappa shape index (κ2) is 6.26. The zero-order valence-corrected chi connectivity index (χ0v) is 12.4. The summed E-state index contributed by atoms with van der Waals surface area (Å²) in [6.45, 7) is 2.86. The van der Waals surface area contributed by atoms with Crippen LogP contribution in [0.1, 0.15) is 31.2 Å². The number of nitrogens with zero attached hydrogens (tertiary/aromatic N) is 2. The van der Waals surface area contributed by atoms with Gasteiger partial charge in [-0.3, -0.25) is 0 Å². The Kier molecular flexibility index (Phi) is 4.20. The lowest BCUT2D eigenvalue weighted by atomic mass is 9.84. The van der Waals surface area contributed by atoms with Crippen LogP contribution in [0.25, 0.3) is 11.5 Å². The lowest BCUT2D eigenvalue weighted by molar-refractivity contribution is 0.332. The van der Waals surface area contributed by atoms with Crippen LogP contribution in [0.3, 0.4) is 0 Å². The van der Waals surface area contributed by atoms with Gasteiger partial charge in [-0.15, -0.1) is 10.2 Å². The van der Waals surface area contributed by atoms with Gasteiger partial charge in [0.05, 0.1) is 0 Å². The van der Waals surface area contributed by atoms with Gasteiger partial charge in [-0.2, -0.15) is 0 Å². The minimum absolute atomic E-state index is 0.483. The number of benzene rings is 1. The molecule has 0 amide bonds. The predicted octanol–water partition coefficient (Wildman–Crippen LogP) is 2.97. The zero-order chi connectivity index (χ0) is 14.7. The fourth-order valence-corrected chi connectivity index (χ4v) is 3.14. The van der Waals surface area contributed by atoms with Crippen LogP contribution in [0.15, 0.2) is 29.0 Å². The van der Waals surface area contributed by atoms with Crippen molar-refractivity contribution in [1.82, 2.24) is 10.2 Å². The third-order valence-electron chi connectivity index (χ3n) is 4.39. The van der Waals surface area contributed by atoms with Gasteiger partial charge in [-0.1, -0.05) is 12.8 Å². The number of nitrogens with one attached hydrogen (secondary N) is 1. The van der Waals surface area contributed by atoms with E-state index < -0.39 is 0 Å². The second-order valence-electron chi connectivity index (χ2n) is 5.80. The monoisotopic (exact) mass is 286 g/mol. The molecule has 3 rings (SSSR count). The first kappa shape index (κ1) is 14.1. The molecule has 2 aromatic rings. The first-order chi connectivity index (χ1) is 10.3. The first-order valence-corrected chi connectivity index (χ1v) is 7.61. The average Bonchev–Trinajstić information content (AvgIpc) is 3.04. The summed E-state index contributed by atoms with van der Waals surface area (Å²) >= 11 is 0. The van der Waals surface area contributed by atoms with Gasteiger partial charge in [0.1, 0.15) is 0 Å². The van der Waals surface area contributed by atoms with Crippen molar-refractivity contribution in [3.8, 4) is 11.5 Å². The summed E-state index contributed by atoms with van der Waals surface area (Å²) in [6, 6.07) is 6.67. The van der Waals surface area contributed by atoms with E-state index >= 15 is 0 Å². The summed E-state index contributed by atoms with van der Waals surface area (Å²) in [5.74, 6) is 1.14. The fraction of sp³-hybridized carbons (Fsp3) is 0.500. The maximum atomic E-state index is 5.91. The molecular weight excluding hydrogens is 264 g/mol. The highest BCUT2D eigenvalue weighted by molar-refractivity contribution is 5.62. The first-order valence-electron chi connectivity index (χ1n) is 7.61. The Balaban J connectivity index is 1.76. The standard InChI is InChI=1S/C16H22N4O/c1-11-8-12(16-20-18-10-21-16)6-7-14(11)19-15-5-3-2-4-13(15)9-17/h6-8,10,13,15,19H,2-5,9,17H2,1H3. The van der Waals surface area contributed by atoms with E-state index in [-0.39, 0.29) is 0 Å². The molecule has 5 heteroatoms. The van der Waals surface area contributed by atoms with Crippen LogP contribution < -0.4 is 11.1 Å². The summed E-state index contributed by atoms with van der Waals surface area (Å²) in [7, 11) is 0. The van der Waals surface area contributed by atoms with E-state index in [1.807, 2.05) is 6.07 Å². The molecule has 2 unspecified atom stereocenters. The molecule has 0 spiro atoms. The van der Waals surface area contributed by atoms with E-state index in [0.29, 0.717) is 17.9 Å². The van der Waals surface area contributed by atoms with Crippen molar-refractivity contribution >= 4 is 5.69 Å². The van der Waals surface area contributed by atoms with Crippen molar-refractivity contribution < 1.29 is 4.42 Å². The Morgan fingerprint density at radius 2 is 2.19 bits per heavy atom. The maximum Gasteiger partial charge on any atom is 0.247 e. The third-order valence-corrected chi connectivity index (χ3v) is 4.39. The van der Waals surface area contributed by atoms with Gasteiger partial charge in [0.15, 0.2) is 0 Å². The van der Waals surface area contributed by atoms with Crippen LogP contribution in [0.4, 0.5) is 5.69 Å². The number of aryl methyl sites for hydroxylation is 1. The molecule has 0 radical (unpaired) electrons. The Bertz CT molecular complexity index is 582. The van der Waals surface area contributed by atoms with Gasteiger partial charge >= 0.3 is 0 Å². The topological polar surface area (TPSA) is 77.0 Å². The molecule has 0 bridgehead atoms. The van der Waals surface area contributed by atoms with Crippen molar-refractivity contribution in [3.63, 3.8) is 0 Å². The van der Waals surface area contributed by atoms with E-state index in [1.54, 1.807) is 0 Å². The van der Waals surface area contributed by atoms with E-state index in [1.165, 1.54) is 43.3 Å². The van der Waals surface area contributed by atoms with Gasteiger partial charge in [0, 0.05) is 17.3 Å². The van der Waals surface area contributed by atoms with Gasteiger partial charge in [-0.05, 0) is 56.0 Å². The zero-order valence-electron chi connectivity index (χ0n) is 12.4. The van der Waals surface area contributed by atoms with Crippen molar-refractivity contribution in [1.29, 1.82) is 0 Å². The van der Waals surface area contributed by atoms with Crippen molar-refractivity contribution in [2.45, 2.75) is 38.6 Å². The van der Waals surface area contributed by atoms with E-state index in [2.05, 4.69) is 34.6 Å². The fourth-order valence-electron chi connectivity index (χ4n) is 3.14. The molecule has 1 saturated carbocycles. The summed E-state index contributed by atoms with van der Waals surface area (Å²) in [5, 5.41) is 11.3.